The summed E-state index contributed by atoms with van der Waals surface area (Å²) in [6, 6.07) is 7.95. The second kappa shape index (κ2) is 6.34. The molecule has 1 saturated heterocycles. The SMILES string of the molecule is Nc1ncnc2c1ncn2[C@]1(C(=O)c2ccccc2)O[C@H](CO)[C@@H](O)[C@H]1F. The number of hydrogen-bond donors (Lipinski definition) is 3. The lowest BCUT2D eigenvalue weighted by Crippen LogP contribution is -2.49. The number of nitrogens with two attached hydrogens (primary N) is 1. The molecule has 4 atom stereocenters. The number of benzene rings is 1. The first-order chi connectivity index (χ1) is 13.0. The van der Waals surface area contributed by atoms with Crippen molar-refractivity contribution in [3.8, 4) is 0 Å². The molecule has 4 rings (SSSR count). The molecule has 3 aromatic rings. The Morgan fingerprint density at radius 1 is 1.30 bits per heavy atom. The average molecular weight is 373 g/mol. The van der Waals surface area contributed by atoms with Gasteiger partial charge in [-0.05, 0) is 0 Å². The van der Waals surface area contributed by atoms with E-state index >= 15 is 4.39 Å². The number of rotatable bonds is 4. The number of imidazole rings is 1. The number of nitrogen functional groups attached to an aromatic ring is 1. The fraction of sp³-hybridized carbons (Fsp3) is 0.294. The number of anilines is 1. The number of nitrogens with zero attached hydrogens (tertiary/aromatic N) is 4. The van der Waals surface area contributed by atoms with Crippen LogP contribution < -0.4 is 5.73 Å². The maximum Gasteiger partial charge on any atom is 0.247 e. The van der Waals surface area contributed by atoms with Gasteiger partial charge in [0.2, 0.25) is 11.5 Å². The number of aliphatic hydroxyl groups excluding tert-OH is 2. The zero-order valence-electron chi connectivity index (χ0n) is 13.9. The van der Waals surface area contributed by atoms with Gasteiger partial charge in [0.05, 0.1) is 6.61 Å². The minimum Gasteiger partial charge on any atom is -0.394 e. The predicted molar refractivity (Wildman–Crippen MR) is 91.3 cm³/mol. The van der Waals surface area contributed by atoms with E-state index in [0.29, 0.717) is 0 Å². The Bertz CT molecular complexity index is 997. The Morgan fingerprint density at radius 3 is 2.70 bits per heavy atom. The molecule has 4 N–H and O–H groups in total. The Hall–Kier alpha value is -2.95. The minimum absolute atomic E-state index is 0.0497. The fourth-order valence-electron chi connectivity index (χ4n) is 3.30. The number of alkyl halides is 1. The van der Waals surface area contributed by atoms with Crippen LogP contribution in [0.3, 0.4) is 0 Å². The van der Waals surface area contributed by atoms with Crippen LogP contribution in [0.4, 0.5) is 10.2 Å². The van der Waals surface area contributed by atoms with Gasteiger partial charge in [0.25, 0.3) is 0 Å². The van der Waals surface area contributed by atoms with E-state index < -0.39 is 36.5 Å². The third kappa shape index (κ3) is 2.41. The summed E-state index contributed by atoms with van der Waals surface area (Å²) in [6.07, 6.45) is -2.89. The van der Waals surface area contributed by atoms with Crippen molar-refractivity contribution in [2.24, 2.45) is 0 Å². The lowest BCUT2D eigenvalue weighted by molar-refractivity contribution is -0.101. The molecule has 9 nitrogen and oxygen atoms in total. The summed E-state index contributed by atoms with van der Waals surface area (Å²) >= 11 is 0. The molecule has 0 amide bonds. The lowest BCUT2D eigenvalue weighted by Gasteiger charge is -2.31. The predicted octanol–water partition coefficient (Wildman–Crippen LogP) is 0.0343. The molecule has 1 fully saturated rings. The largest absolute Gasteiger partial charge is 0.394 e. The van der Waals surface area contributed by atoms with Gasteiger partial charge in [-0.3, -0.25) is 9.36 Å². The monoisotopic (exact) mass is 373 g/mol. The normalized spacial score (nSPS) is 27.9. The van der Waals surface area contributed by atoms with E-state index in [1.165, 1.54) is 12.1 Å². The topological polar surface area (TPSA) is 136 Å². The van der Waals surface area contributed by atoms with Crippen LogP contribution in [0.15, 0.2) is 43.0 Å². The highest BCUT2D eigenvalue weighted by Gasteiger charge is 2.62. The molecule has 1 aliphatic heterocycles. The van der Waals surface area contributed by atoms with Crippen LogP contribution in [-0.2, 0) is 10.5 Å². The molecule has 0 unspecified atom stereocenters. The van der Waals surface area contributed by atoms with Gasteiger partial charge in [-0.15, -0.1) is 0 Å². The quantitative estimate of drug-likeness (QED) is 0.545. The number of carbonyl (C=O) groups is 1. The Balaban J connectivity index is 1.97. The molecule has 140 valence electrons. The summed E-state index contributed by atoms with van der Waals surface area (Å²) in [5.41, 5.74) is 3.87. The second-order valence-electron chi connectivity index (χ2n) is 6.17. The van der Waals surface area contributed by atoms with E-state index in [1.54, 1.807) is 18.2 Å². The van der Waals surface area contributed by atoms with Gasteiger partial charge in [-0.2, -0.15) is 0 Å². The Kier molecular flexibility index (Phi) is 4.10. The van der Waals surface area contributed by atoms with E-state index in [4.69, 9.17) is 10.5 Å². The van der Waals surface area contributed by atoms with Crippen molar-refractivity contribution < 1.29 is 24.1 Å². The molecule has 0 spiro atoms. The molecular weight excluding hydrogens is 357 g/mol. The number of hydrogen-bond acceptors (Lipinski definition) is 8. The van der Waals surface area contributed by atoms with Gasteiger partial charge in [0.1, 0.15) is 30.4 Å². The number of ketones is 1. The number of aliphatic hydroxyl groups is 2. The number of Topliss-reactive ketones (excluding diaryl/α,β-unsaturated/α-hetero) is 1. The summed E-state index contributed by atoms with van der Waals surface area (Å²) < 4.78 is 22.1. The molecule has 2 aromatic heterocycles. The van der Waals surface area contributed by atoms with E-state index in [1.807, 2.05) is 0 Å². The molecule has 0 saturated carbocycles. The van der Waals surface area contributed by atoms with E-state index in [-0.39, 0.29) is 22.5 Å². The third-order valence-electron chi connectivity index (χ3n) is 4.65. The maximum absolute atomic E-state index is 15.4. The summed E-state index contributed by atoms with van der Waals surface area (Å²) in [7, 11) is 0. The smallest absolute Gasteiger partial charge is 0.247 e. The minimum atomic E-state index is -2.30. The van der Waals surface area contributed by atoms with Gasteiger partial charge < -0.3 is 20.7 Å². The van der Waals surface area contributed by atoms with Gasteiger partial charge in [-0.25, -0.2) is 19.3 Å². The summed E-state index contributed by atoms with van der Waals surface area (Å²) in [4.78, 5) is 25.3. The maximum atomic E-state index is 15.4. The molecule has 10 heteroatoms. The van der Waals surface area contributed by atoms with Crippen molar-refractivity contribution in [2.75, 3.05) is 12.3 Å². The highest BCUT2D eigenvalue weighted by atomic mass is 19.1. The number of fused-ring (bicyclic) bond motifs is 1. The fourth-order valence-corrected chi connectivity index (χ4v) is 3.30. The van der Waals surface area contributed by atoms with Gasteiger partial charge in [0, 0.05) is 5.56 Å². The first kappa shape index (κ1) is 17.5. The zero-order chi connectivity index (χ0) is 19.2. The van der Waals surface area contributed by atoms with Crippen molar-refractivity contribution in [1.29, 1.82) is 0 Å². The van der Waals surface area contributed by atoms with Crippen LogP contribution in [0.2, 0.25) is 0 Å². The first-order valence-corrected chi connectivity index (χ1v) is 8.15. The van der Waals surface area contributed by atoms with Crippen molar-refractivity contribution in [1.82, 2.24) is 19.5 Å². The highest BCUT2D eigenvalue weighted by molar-refractivity contribution is 6.02. The van der Waals surface area contributed by atoms with Gasteiger partial charge in [-0.1, -0.05) is 30.3 Å². The van der Waals surface area contributed by atoms with Crippen LogP contribution in [0.5, 0.6) is 0 Å². The van der Waals surface area contributed by atoms with Crippen molar-refractivity contribution >= 4 is 22.8 Å². The number of carbonyl (C=O) groups excluding carboxylic acids is 1. The molecule has 0 bridgehead atoms. The molecule has 27 heavy (non-hydrogen) atoms. The van der Waals surface area contributed by atoms with Gasteiger partial charge >= 0.3 is 0 Å². The Morgan fingerprint density at radius 2 is 2.04 bits per heavy atom. The van der Waals surface area contributed by atoms with Crippen LogP contribution in [-0.4, -0.2) is 60.5 Å². The first-order valence-electron chi connectivity index (χ1n) is 8.15. The number of aromatic nitrogens is 4. The molecule has 0 radical (unpaired) electrons. The number of halogens is 1. The third-order valence-corrected chi connectivity index (χ3v) is 4.65. The second-order valence-corrected chi connectivity index (χ2v) is 6.17. The molecule has 1 aliphatic rings. The van der Waals surface area contributed by atoms with Crippen LogP contribution in [0.1, 0.15) is 10.4 Å². The lowest BCUT2D eigenvalue weighted by atomic mass is 9.94. The Labute approximate surface area is 152 Å². The van der Waals surface area contributed by atoms with E-state index in [2.05, 4.69) is 15.0 Å². The van der Waals surface area contributed by atoms with Crippen molar-refractivity contribution in [2.45, 2.75) is 24.1 Å². The van der Waals surface area contributed by atoms with Gasteiger partial charge in [0.15, 0.2) is 17.6 Å². The summed E-state index contributed by atoms with van der Waals surface area (Å²) in [5, 5.41) is 19.7. The molecule has 3 heterocycles. The average Bonchev–Trinajstić information content (AvgIpc) is 3.24. The highest BCUT2D eigenvalue weighted by Crippen LogP contribution is 2.42. The van der Waals surface area contributed by atoms with Crippen LogP contribution >= 0.6 is 0 Å². The zero-order valence-corrected chi connectivity index (χ0v) is 13.9. The molecule has 0 aliphatic carbocycles. The number of ether oxygens (including phenoxy) is 1. The van der Waals surface area contributed by atoms with Crippen LogP contribution in [0, 0.1) is 0 Å². The van der Waals surface area contributed by atoms with E-state index in [0.717, 1.165) is 17.2 Å². The standard InChI is InChI=1S/C17H16FN5O4/c18-13-12(25)10(6-24)27-17(13,14(26)9-4-2-1-3-5-9)23-8-22-11-15(19)20-7-21-16(11)23/h1-5,7-8,10,12-13,24-25H,6H2,(H2,19,20,21)/t10-,12-,13-,17+/m1/s1. The van der Waals surface area contributed by atoms with E-state index in [9.17, 15) is 15.0 Å². The molecular formula is C17H16FN5O4. The van der Waals surface area contributed by atoms with Crippen molar-refractivity contribution in [3.05, 3.63) is 48.5 Å². The molecule has 1 aromatic carbocycles. The van der Waals surface area contributed by atoms with Crippen LogP contribution in [0.25, 0.3) is 11.2 Å². The summed E-state index contributed by atoms with van der Waals surface area (Å²) in [5.74, 6) is -0.698. The van der Waals surface area contributed by atoms with Crippen molar-refractivity contribution in [3.63, 3.8) is 0 Å². The summed E-state index contributed by atoms with van der Waals surface area (Å²) in [6.45, 7) is -0.671.